The number of aromatic nitrogens is 2. The average Bonchev–Trinajstić information content (AvgIpc) is 3.52. The van der Waals surface area contributed by atoms with Gasteiger partial charge in [-0.05, 0) is 36.1 Å². The number of carbonyl (C=O) groups is 1. The van der Waals surface area contributed by atoms with Gasteiger partial charge in [-0.25, -0.2) is 9.97 Å². The molecule has 0 spiro atoms. The van der Waals surface area contributed by atoms with E-state index in [9.17, 15) is 4.79 Å². The van der Waals surface area contributed by atoms with Gasteiger partial charge >= 0.3 is 0 Å². The summed E-state index contributed by atoms with van der Waals surface area (Å²) in [4.78, 5) is 21.5. The Morgan fingerprint density at radius 3 is 1.44 bits per heavy atom. The second kappa shape index (κ2) is 8.53. The molecular weight excluding hydrogens is 436 g/mol. The van der Waals surface area contributed by atoms with Crippen molar-refractivity contribution >= 4 is 50.9 Å². The summed E-state index contributed by atoms with van der Waals surface area (Å²) in [6.45, 7) is 0. The zero-order valence-corrected chi connectivity index (χ0v) is 18.7. The van der Waals surface area contributed by atoms with Crippen molar-refractivity contribution in [3.63, 3.8) is 0 Å². The maximum atomic E-state index is 12.9. The molecule has 5 nitrogen and oxygen atoms in total. The molecule has 1 aliphatic rings. The Bertz CT molecular complexity index is 1240. The van der Waals surface area contributed by atoms with Crippen LogP contribution < -0.4 is 11.5 Å². The lowest BCUT2D eigenvalue weighted by Crippen LogP contribution is -1.95. The summed E-state index contributed by atoms with van der Waals surface area (Å²) >= 11 is 2.85. The third-order valence-corrected chi connectivity index (χ3v) is 6.73. The van der Waals surface area contributed by atoms with Crippen molar-refractivity contribution in [3.05, 3.63) is 81.6 Å². The van der Waals surface area contributed by atoms with E-state index in [1.54, 1.807) is 0 Å². The van der Waals surface area contributed by atoms with Crippen LogP contribution in [0.4, 0.5) is 10.3 Å². The highest BCUT2D eigenvalue weighted by Crippen LogP contribution is 2.31. The van der Waals surface area contributed by atoms with Crippen LogP contribution in [-0.4, -0.2) is 15.8 Å². The number of rotatable bonds is 4. The Kier molecular flexibility index (Phi) is 5.43. The van der Waals surface area contributed by atoms with Crippen LogP contribution in [0.1, 0.15) is 24.0 Å². The Labute approximate surface area is 193 Å². The lowest BCUT2D eigenvalue weighted by atomic mass is 10.0. The molecule has 0 unspecified atom stereocenters. The van der Waals surface area contributed by atoms with Gasteiger partial charge in [-0.3, -0.25) is 4.79 Å². The zero-order chi connectivity index (χ0) is 22.1. The first-order valence-corrected chi connectivity index (χ1v) is 11.9. The van der Waals surface area contributed by atoms with E-state index in [2.05, 4.69) is 9.97 Å². The molecule has 2 aromatic heterocycles. The van der Waals surface area contributed by atoms with Gasteiger partial charge in [0.15, 0.2) is 16.0 Å². The number of nitrogen functional groups attached to an aromatic ring is 2. The van der Waals surface area contributed by atoms with Crippen molar-refractivity contribution in [1.82, 2.24) is 9.97 Å². The molecule has 1 fully saturated rings. The van der Waals surface area contributed by atoms with Gasteiger partial charge in [0.25, 0.3) is 0 Å². The number of Topliss-reactive ketones (excluding diaryl/α,β-unsaturated/α-hetero) is 1. The first-order valence-electron chi connectivity index (χ1n) is 10.1. The molecule has 158 valence electrons. The minimum atomic E-state index is 0.123. The quantitative estimate of drug-likeness (QED) is 0.371. The number of allylic oxidation sites excluding steroid dienone is 2. The van der Waals surface area contributed by atoms with Crippen molar-refractivity contribution in [3.8, 4) is 22.5 Å². The lowest BCUT2D eigenvalue weighted by molar-refractivity contribution is -0.111. The van der Waals surface area contributed by atoms with Crippen LogP contribution >= 0.6 is 22.7 Å². The molecule has 2 aromatic carbocycles. The Morgan fingerprint density at radius 1 is 0.688 bits per heavy atom. The van der Waals surface area contributed by atoms with Crippen molar-refractivity contribution in [2.24, 2.45) is 0 Å². The predicted octanol–water partition coefficient (Wildman–Crippen LogP) is 5.93. The van der Waals surface area contributed by atoms with Gasteiger partial charge in [-0.15, -0.1) is 22.7 Å². The first-order chi connectivity index (χ1) is 15.5. The van der Waals surface area contributed by atoms with Crippen LogP contribution in [0.15, 0.2) is 70.4 Å². The maximum absolute atomic E-state index is 12.9. The fourth-order valence-electron chi connectivity index (χ4n) is 3.72. The molecule has 0 bridgehead atoms. The molecule has 0 aliphatic heterocycles. The highest BCUT2D eigenvalue weighted by Gasteiger charge is 2.23. The fraction of sp³-hybridized carbons (Fsp3) is 0.0800. The van der Waals surface area contributed by atoms with Crippen molar-refractivity contribution in [2.45, 2.75) is 12.8 Å². The molecule has 2 heterocycles. The monoisotopic (exact) mass is 456 g/mol. The number of nitrogens with zero attached hydrogens (tertiary/aromatic N) is 2. The number of carbonyl (C=O) groups excluding carboxylic acids is 1. The number of hydrogen-bond donors (Lipinski definition) is 2. The van der Waals surface area contributed by atoms with Gasteiger partial charge in [0.2, 0.25) is 0 Å². The molecule has 0 amide bonds. The molecule has 7 heteroatoms. The van der Waals surface area contributed by atoms with E-state index in [-0.39, 0.29) is 5.78 Å². The minimum absolute atomic E-state index is 0.123. The Balaban J connectivity index is 1.31. The summed E-state index contributed by atoms with van der Waals surface area (Å²) in [7, 11) is 0. The largest absolute Gasteiger partial charge is 0.375 e. The topological polar surface area (TPSA) is 94.9 Å². The van der Waals surface area contributed by atoms with Crippen LogP contribution in [0.2, 0.25) is 0 Å². The molecule has 0 radical (unpaired) electrons. The number of hydrogen-bond acceptors (Lipinski definition) is 7. The highest BCUT2D eigenvalue weighted by molar-refractivity contribution is 7.14. The van der Waals surface area contributed by atoms with Gasteiger partial charge in [-0.1, -0.05) is 48.5 Å². The number of nitrogens with two attached hydrogens (primary N) is 2. The number of ketones is 1. The van der Waals surface area contributed by atoms with Gasteiger partial charge in [0.1, 0.15) is 0 Å². The Morgan fingerprint density at radius 2 is 1.09 bits per heavy atom. The van der Waals surface area contributed by atoms with Gasteiger partial charge in [0.05, 0.1) is 11.4 Å². The van der Waals surface area contributed by atoms with Gasteiger partial charge in [0, 0.05) is 33.0 Å². The molecule has 1 aliphatic carbocycles. The van der Waals surface area contributed by atoms with E-state index in [1.165, 1.54) is 22.7 Å². The summed E-state index contributed by atoms with van der Waals surface area (Å²) < 4.78 is 0. The summed E-state index contributed by atoms with van der Waals surface area (Å²) in [5.41, 5.74) is 18.9. The van der Waals surface area contributed by atoms with Gasteiger partial charge in [-0.2, -0.15) is 0 Å². The molecule has 0 saturated heterocycles. The van der Waals surface area contributed by atoms with Crippen molar-refractivity contribution in [1.29, 1.82) is 0 Å². The van der Waals surface area contributed by atoms with Crippen LogP contribution in [0.25, 0.3) is 34.7 Å². The highest BCUT2D eigenvalue weighted by atomic mass is 32.1. The summed E-state index contributed by atoms with van der Waals surface area (Å²) in [6.07, 6.45) is 5.48. The second-order valence-electron chi connectivity index (χ2n) is 7.55. The smallest absolute Gasteiger partial charge is 0.185 e. The van der Waals surface area contributed by atoms with E-state index in [0.717, 1.165) is 57.6 Å². The number of benzene rings is 2. The SMILES string of the molecule is Nc1nc(-c2ccc(/C=C3/CC/C(=C/c4ccc(-c5csc(N)n5)cc4)C3=O)cc2)cs1. The molecular formula is C25H20N4OS2. The molecule has 4 N–H and O–H groups in total. The Hall–Kier alpha value is -3.55. The summed E-state index contributed by atoms with van der Waals surface area (Å²) in [5.74, 6) is 0.123. The molecule has 32 heavy (non-hydrogen) atoms. The van der Waals surface area contributed by atoms with E-state index in [0.29, 0.717) is 10.3 Å². The van der Waals surface area contributed by atoms with E-state index in [1.807, 2.05) is 71.4 Å². The molecule has 4 aromatic rings. The molecule has 1 saturated carbocycles. The number of anilines is 2. The van der Waals surface area contributed by atoms with Crippen molar-refractivity contribution < 1.29 is 4.79 Å². The average molecular weight is 457 g/mol. The van der Waals surface area contributed by atoms with Crippen LogP contribution in [0, 0.1) is 0 Å². The van der Waals surface area contributed by atoms with E-state index < -0.39 is 0 Å². The lowest BCUT2D eigenvalue weighted by Gasteiger charge is -2.01. The van der Waals surface area contributed by atoms with Crippen LogP contribution in [-0.2, 0) is 4.79 Å². The summed E-state index contributed by atoms with van der Waals surface area (Å²) in [5, 5.41) is 5.01. The van der Waals surface area contributed by atoms with Crippen molar-refractivity contribution in [2.75, 3.05) is 11.5 Å². The third-order valence-electron chi connectivity index (χ3n) is 5.39. The normalized spacial score (nSPS) is 16.3. The predicted molar refractivity (Wildman–Crippen MR) is 134 cm³/mol. The third kappa shape index (κ3) is 4.26. The maximum Gasteiger partial charge on any atom is 0.185 e. The fourth-order valence-corrected chi connectivity index (χ4v) is 4.87. The first kappa shape index (κ1) is 20.4. The van der Waals surface area contributed by atoms with Gasteiger partial charge < -0.3 is 11.5 Å². The number of thiazole rings is 2. The van der Waals surface area contributed by atoms with E-state index >= 15 is 0 Å². The molecule has 0 atom stereocenters. The van der Waals surface area contributed by atoms with Crippen LogP contribution in [0.5, 0.6) is 0 Å². The summed E-state index contributed by atoms with van der Waals surface area (Å²) in [6, 6.07) is 16.1. The van der Waals surface area contributed by atoms with E-state index in [4.69, 9.17) is 11.5 Å². The minimum Gasteiger partial charge on any atom is -0.375 e. The molecule has 5 rings (SSSR count). The van der Waals surface area contributed by atoms with Crippen LogP contribution in [0.3, 0.4) is 0 Å². The zero-order valence-electron chi connectivity index (χ0n) is 17.1. The second-order valence-corrected chi connectivity index (χ2v) is 9.33. The standard InChI is InChI=1S/C25H20N4OS2/c26-24-28-21(13-31-24)17-5-1-15(2-6-17)11-19-9-10-20(23(19)30)12-16-3-7-18(8-4-16)22-14-32-25(27)29-22/h1-8,11-14H,9-10H2,(H2,26,28)(H2,27,29)/b19-11-,20-12-.